The molecule has 16 heavy (non-hydrogen) atoms. The summed E-state index contributed by atoms with van der Waals surface area (Å²) < 4.78 is 0. The molecular formula is C14H25NO. The van der Waals surface area contributed by atoms with E-state index in [2.05, 4.69) is 12.2 Å². The van der Waals surface area contributed by atoms with Crippen LogP contribution in [-0.2, 0) is 4.79 Å². The van der Waals surface area contributed by atoms with Gasteiger partial charge in [-0.15, -0.1) is 0 Å². The number of carbonyl (C=O) groups is 1. The van der Waals surface area contributed by atoms with Crippen molar-refractivity contribution in [3.63, 3.8) is 0 Å². The molecule has 0 radical (unpaired) electrons. The standard InChI is InChI=1S/C14H25NO/c1-11-4-6-13(7-5-11)14(16)9-12-3-2-8-15-10-12/h11-13,15H,2-10H2,1H3. The number of ketones is 1. The zero-order valence-electron chi connectivity index (χ0n) is 10.5. The summed E-state index contributed by atoms with van der Waals surface area (Å²) in [6.07, 6.45) is 8.17. The highest BCUT2D eigenvalue weighted by molar-refractivity contribution is 5.81. The van der Waals surface area contributed by atoms with Crippen molar-refractivity contribution in [1.29, 1.82) is 0 Å². The van der Waals surface area contributed by atoms with E-state index in [0.717, 1.165) is 38.3 Å². The Morgan fingerprint density at radius 3 is 2.56 bits per heavy atom. The van der Waals surface area contributed by atoms with E-state index in [1.807, 2.05) is 0 Å². The van der Waals surface area contributed by atoms with Gasteiger partial charge in [0.05, 0.1) is 0 Å². The van der Waals surface area contributed by atoms with Crippen LogP contribution < -0.4 is 5.32 Å². The number of carbonyl (C=O) groups excluding carboxylic acids is 1. The van der Waals surface area contributed by atoms with E-state index in [0.29, 0.717) is 17.6 Å². The quantitative estimate of drug-likeness (QED) is 0.797. The topological polar surface area (TPSA) is 29.1 Å². The number of Topliss-reactive ketones (excluding diaryl/α,β-unsaturated/α-hetero) is 1. The maximum absolute atomic E-state index is 12.1. The predicted octanol–water partition coefficient (Wildman–Crippen LogP) is 2.77. The first-order chi connectivity index (χ1) is 7.75. The van der Waals surface area contributed by atoms with E-state index in [4.69, 9.17) is 0 Å². The molecule has 92 valence electrons. The highest BCUT2D eigenvalue weighted by Crippen LogP contribution is 2.30. The summed E-state index contributed by atoms with van der Waals surface area (Å²) >= 11 is 0. The molecule has 1 unspecified atom stereocenters. The lowest BCUT2D eigenvalue weighted by molar-refractivity contribution is -0.125. The molecule has 0 aromatic heterocycles. The van der Waals surface area contributed by atoms with Crippen LogP contribution in [0.1, 0.15) is 51.9 Å². The Balaban J connectivity index is 1.74. The zero-order chi connectivity index (χ0) is 11.4. The number of piperidine rings is 1. The first-order valence-corrected chi connectivity index (χ1v) is 6.99. The Hall–Kier alpha value is -0.370. The monoisotopic (exact) mass is 223 g/mol. The van der Waals surface area contributed by atoms with Crippen LogP contribution in [0, 0.1) is 17.8 Å². The molecule has 1 heterocycles. The van der Waals surface area contributed by atoms with Crippen LogP contribution in [-0.4, -0.2) is 18.9 Å². The number of rotatable bonds is 3. The Bertz CT molecular complexity index is 225. The summed E-state index contributed by atoms with van der Waals surface area (Å²) in [5.74, 6) is 2.43. The van der Waals surface area contributed by atoms with Crippen molar-refractivity contribution in [3.05, 3.63) is 0 Å². The van der Waals surface area contributed by atoms with Crippen LogP contribution in [0.25, 0.3) is 0 Å². The van der Waals surface area contributed by atoms with E-state index in [9.17, 15) is 4.79 Å². The lowest BCUT2D eigenvalue weighted by Gasteiger charge is -2.28. The molecule has 0 spiro atoms. The van der Waals surface area contributed by atoms with Gasteiger partial charge < -0.3 is 5.32 Å². The molecular weight excluding hydrogens is 198 g/mol. The lowest BCUT2D eigenvalue weighted by Crippen LogP contribution is -2.32. The molecule has 0 aromatic rings. The fraction of sp³-hybridized carbons (Fsp3) is 0.929. The number of nitrogens with one attached hydrogen (secondary N) is 1. The molecule has 1 N–H and O–H groups in total. The van der Waals surface area contributed by atoms with Crippen LogP contribution in [0.5, 0.6) is 0 Å². The van der Waals surface area contributed by atoms with Crippen molar-refractivity contribution in [1.82, 2.24) is 5.32 Å². The predicted molar refractivity (Wildman–Crippen MR) is 66.3 cm³/mol. The molecule has 1 saturated heterocycles. The van der Waals surface area contributed by atoms with Crippen molar-refractivity contribution in [2.24, 2.45) is 17.8 Å². The van der Waals surface area contributed by atoms with Gasteiger partial charge >= 0.3 is 0 Å². The van der Waals surface area contributed by atoms with Crippen LogP contribution in [0.3, 0.4) is 0 Å². The van der Waals surface area contributed by atoms with E-state index in [-0.39, 0.29) is 0 Å². The third-order valence-electron chi connectivity index (χ3n) is 4.36. The second-order valence-electron chi connectivity index (χ2n) is 5.84. The van der Waals surface area contributed by atoms with Gasteiger partial charge in [-0.05, 0) is 50.6 Å². The molecule has 2 heteroatoms. The Morgan fingerprint density at radius 2 is 1.94 bits per heavy atom. The highest BCUT2D eigenvalue weighted by Gasteiger charge is 2.26. The van der Waals surface area contributed by atoms with Crippen LogP contribution >= 0.6 is 0 Å². The first-order valence-electron chi connectivity index (χ1n) is 6.99. The summed E-state index contributed by atoms with van der Waals surface area (Å²) in [5.41, 5.74) is 0. The molecule has 1 saturated carbocycles. The molecule has 1 aliphatic carbocycles. The van der Waals surface area contributed by atoms with E-state index < -0.39 is 0 Å². The molecule has 2 aliphatic rings. The summed E-state index contributed by atoms with van der Waals surface area (Å²) in [4.78, 5) is 12.1. The van der Waals surface area contributed by atoms with Gasteiger partial charge in [-0.2, -0.15) is 0 Å². The van der Waals surface area contributed by atoms with Crippen molar-refractivity contribution >= 4 is 5.78 Å². The van der Waals surface area contributed by atoms with Crippen LogP contribution in [0.4, 0.5) is 0 Å². The van der Waals surface area contributed by atoms with Crippen molar-refractivity contribution in [3.8, 4) is 0 Å². The second kappa shape index (κ2) is 5.81. The SMILES string of the molecule is CC1CCC(C(=O)CC2CCCNC2)CC1. The van der Waals surface area contributed by atoms with Crippen LogP contribution in [0.15, 0.2) is 0 Å². The smallest absolute Gasteiger partial charge is 0.136 e. The van der Waals surface area contributed by atoms with Crippen LogP contribution in [0.2, 0.25) is 0 Å². The van der Waals surface area contributed by atoms with Gasteiger partial charge in [0.1, 0.15) is 5.78 Å². The van der Waals surface area contributed by atoms with Gasteiger partial charge in [0.15, 0.2) is 0 Å². The Labute approximate surface area is 99.2 Å². The summed E-state index contributed by atoms with van der Waals surface area (Å²) in [7, 11) is 0. The average molecular weight is 223 g/mol. The first kappa shape index (κ1) is 12.1. The van der Waals surface area contributed by atoms with E-state index in [1.165, 1.54) is 25.7 Å². The fourth-order valence-corrected chi connectivity index (χ4v) is 3.13. The minimum absolute atomic E-state index is 0.401. The molecule has 0 amide bonds. The highest BCUT2D eigenvalue weighted by atomic mass is 16.1. The fourth-order valence-electron chi connectivity index (χ4n) is 3.13. The van der Waals surface area contributed by atoms with Gasteiger partial charge in [0, 0.05) is 12.3 Å². The summed E-state index contributed by atoms with van der Waals surface area (Å²) in [6.45, 7) is 4.52. The molecule has 1 atom stereocenters. The summed E-state index contributed by atoms with van der Waals surface area (Å²) in [6, 6.07) is 0. The molecule has 0 bridgehead atoms. The minimum atomic E-state index is 0.401. The third kappa shape index (κ3) is 3.31. The van der Waals surface area contributed by atoms with Gasteiger partial charge in [-0.3, -0.25) is 4.79 Å². The van der Waals surface area contributed by atoms with E-state index in [1.54, 1.807) is 0 Å². The minimum Gasteiger partial charge on any atom is -0.316 e. The number of hydrogen-bond donors (Lipinski definition) is 1. The second-order valence-corrected chi connectivity index (χ2v) is 5.84. The Kier molecular flexibility index (Phi) is 4.39. The lowest BCUT2D eigenvalue weighted by atomic mass is 9.78. The number of hydrogen-bond acceptors (Lipinski definition) is 2. The third-order valence-corrected chi connectivity index (χ3v) is 4.36. The molecule has 0 aromatic carbocycles. The molecule has 2 fully saturated rings. The normalized spacial score (nSPS) is 35.9. The van der Waals surface area contributed by atoms with E-state index >= 15 is 0 Å². The largest absolute Gasteiger partial charge is 0.316 e. The molecule has 2 rings (SSSR count). The van der Waals surface area contributed by atoms with Crippen molar-refractivity contribution in [2.75, 3.05) is 13.1 Å². The molecule has 1 aliphatic heterocycles. The molecule has 2 nitrogen and oxygen atoms in total. The maximum Gasteiger partial charge on any atom is 0.136 e. The van der Waals surface area contributed by atoms with Gasteiger partial charge in [0.25, 0.3) is 0 Å². The van der Waals surface area contributed by atoms with Crippen molar-refractivity contribution < 1.29 is 4.79 Å². The maximum atomic E-state index is 12.1. The van der Waals surface area contributed by atoms with Gasteiger partial charge in [0.2, 0.25) is 0 Å². The average Bonchev–Trinajstić information content (AvgIpc) is 2.31. The van der Waals surface area contributed by atoms with Gasteiger partial charge in [-0.1, -0.05) is 19.8 Å². The van der Waals surface area contributed by atoms with Crippen molar-refractivity contribution in [2.45, 2.75) is 51.9 Å². The zero-order valence-corrected chi connectivity index (χ0v) is 10.5. The Morgan fingerprint density at radius 1 is 1.19 bits per heavy atom. The summed E-state index contributed by atoms with van der Waals surface area (Å²) in [5, 5.41) is 3.40. The van der Waals surface area contributed by atoms with Gasteiger partial charge in [-0.25, -0.2) is 0 Å².